The van der Waals surface area contributed by atoms with Crippen molar-refractivity contribution in [2.24, 2.45) is 5.92 Å². The van der Waals surface area contributed by atoms with Gasteiger partial charge in [-0.2, -0.15) is 5.10 Å². The highest BCUT2D eigenvalue weighted by atomic mass is 16.5. The van der Waals surface area contributed by atoms with Crippen LogP contribution in [0, 0.1) is 5.92 Å². The van der Waals surface area contributed by atoms with E-state index in [9.17, 15) is 0 Å². The van der Waals surface area contributed by atoms with Crippen LogP contribution in [-0.4, -0.2) is 32.9 Å². The first-order valence-corrected chi connectivity index (χ1v) is 8.55. The smallest absolute Gasteiger partial charge is 0.133 e. The second kappa shape index (κ2) is 6.28. The Balaban J connectivity index is 1.42. The summed E-state index contributed by atoms with van der Waals surface area (Å²) in [6.45, 7) is 4.65. The Morgan fingerprint density at radius 2 is 2.17 bits per heavy atom. The molecule has 0 spiro atoms. The van der Waals surface area contributed by atoms with Crippen molar-refractivity contribution in [1.82, 2.24) is 19.7 Å². The van der Waals surface area contributed by atoms with Crippen LogP contribution in [-0.2, 0) is 11.3 Å². The van der Waals surface area contributed by atoms with E-state index in [-0.39, 0.29) is 6.10 Å². The molecule has 2 aromatic heterocycles. The summed E-state index contributed by atoms with van der Waals surface area (Å²) in [5.41, 5.74) is 1.18. The lowest BCUT2D eigenvalue weighted by Gasteiger charge is -2.20. The molecule has 2 aromatic rings. The van der Waals surface area contributed by atoms with Crippen LogP contribution in [0.1, 0.15) is 49.7 Å². The summed E-state index contributed by atoms with van der Waals surface area (Å²) >= 11 is 0. The van der Waals surface area contributed by atoms with E-state index < -0.39 is 0 Å². The molecule has 6 nitrogen and oxygen atoms in total. The summed E-state index contributed by atoms with van der Waals surface area (Å²) in [4.78, 5) is 9.01. The second-order valence-electron chi connectivity index (χ2n) is 6.37. The van der Waals surface area contributed by atoms with Crippen molar-refractivity contribution in [3.05, 3.63) is 36.0 Å². The van der Waals surface area contributed by atoms with Crippen molar-refractivity contribution < 1.29 is 4.74 Å². The lowest BCUT2D eigenvalue weighted by molar-refractivity contribution is 0.0858. The molecule has 6 heteroatoms. The summed E-state index contributed by atoms with van der Waals surface area (Å²) in [5, 5.41) is 7.84. The minimum absolute atomic E-state index is 0.120. The minimum atomic E-state index is 0.120. The van der Waals surface area contributed by atoms with Gasteiger partial charge in [0.25, 0.3) is 0 Å². The van der Waals surface area contributed by atoms with Crippen LogP contribution < -0.4 is 5.32 Å². The van der Waals surface area contributed by atoms with Crippen molar-refractivity contribution in [2.75, 3.05) is 18.5 Å². The molecule has 0 amide bonds. The van der Waals surface area contributed by atoms with E-state index in [1.54, 1.807) is 0 Å². The van der Waals surface area contributed by atoms with Gasteiger partial charge in [0.1, 0.15) is 17.7 Å². The summed E-state index contributed by atoms with van der Waals surface area (Å²) in [6, 6.07) is 4.02. The highest BCUT2D eigenvalue weighted by Gasteiger charge is 2.32. The van der Waals surface area contributed by atoms with Gasteiger partial charge >= 0.3 is 0 Å². The van der Waals surface area contributed by atoms with E-state index in [2.05, 4.69) is 33.4 Å². The number of nitrogens with one attached hydrogen (secondary N) is 1. The number of rotatable bonds is 6. The molecule has 1 aliphatic carbocycles. The van der Waals surface area contributed by atoms with Gasteiger partial charge in [-0.25, -0.2) is 9.97 Å². The van der Waals surface area contributed by atoms with Crippen LogP contribution in [0.15, 0.2) is 24.5 Å². The molecule has 122 valence electrons. The third-order valence-electron chi connectivity index (χ3n) is 4.72. The normalized spacial score (nSPS) is 24.0. The number of anilines is 1. The molecule has 1 aliphatic heterocycles. The van der Waals surface area contributed by atoms with Crippen LogP contribution >= 0.6 is 0 Å². The predicted molar refractivity (Wildman–Crippen MR) is 87.2 cm³/mol. The molecule has 4 rings (SSSR count). The quantitative estimate of drug-likeness (QED) is 0.888. The van der Waals surface area contributed by atoms with Crippen molar-refractivity contribution in [3.63, 3.8) is 0 Å². The van der Waals surface area contributed by atoms with Gasteiger partial charge < -0.3 is 10.1 Å². The van der Waals surface area contributed by atoms with Crippen molar-refractivity contribution in [2.45, 2.75) is 44.8 Å². The van der Waals surface area contributed by atoms with Crippen LogP contribution in [0.2, 0.25) is 0 Å². The first kappa shape index (κ1) is 14.6. The molecule has 0 aromatic carbocycles. The molecular formula is C17H23N5O. The number of hydrogen-bond donors (Lipinski definition) is 1. The summed E-state index contributed by atoms with van der Waals surface area (Å²) in [5.74, 6) is 2.93. The zero-order valence-corrected chi connectivity index (χ0v) is 13.5. The molecule has 1 saturated carbocycles. The molecule has 2 atom stereocenters. The van der Waals surface area contributed by atoms with E-state index in [1.807, 2.05) is 23.1 Å². The molecule has 0 unspecified atom stereocenters. The number of hydrogen-bond acceptors (Lipinski definition) is 5. The van der Waals surface area contributed by atoms with Crippen molar-refractivity contribution in [1.29, 1.82) is 0 Å². The maximum Gasteiger partial charge on any atom is 0.133 e. The maximum atomic E-state index is 5.98. The Bertz CT molecular complexity index is 667. The predicted octanol–water partition coefficient (Wildman–Crippen LogP) is 2.76. The van der Waals surface area contributed by atoms with Crippen molar-refractivity contribution in [3.8, 4) is 0 Å². The van der Waals surface area contributed by atoms with E-state index in [1.165, 1.54) is 18.5 Å². The fourth-order valence-corrected chi connectivity index (χ4v) is 3.26. The van der Waals surface area contributed by atoms with E-state index in [0.717, 1.165) is 37.8 Å². The third-order valence-corrected chi connectivity index (χ3v) is 4.72. The average Bonchev–Trinajstić information content (AvgIpc) is 3.16. The van der Waals surface area contributed by atoms with Gasteiger partial charge in [0.05, 0.1) is 5.69 Å². The lowest BCUT2D eigenvalue weighted by atomic mass is 9.99. The van der Waals surface area contributed by atoms with Crippen LogP contribution in [0.3, 0.4) is 0 Å². The van der Waals surface area contributed by atoms with Crippen LogP contribution in [0.4, 0.5) is 5.82 Å². The SMILES string of the molecule is CCn1nccc1[C@@H]1OCC[C@H]1CNc1ccnc(C2CC2)n1. The van der Waals surface area contributed by atoms with Gasteiger partial charge in [0.2, 0.25) is 0 Å². The van der Waals surface area contributed by atoms with Gasteiger partial charge in [-0.1, -0.05) is 0 Å². The Labute approximate surface area is 136 Å². The largest absolute Gasteiger partial charge is 0.372 e. The van der Waals surface area contributed by atoms with Crippen LogP contribution in [0.5, 0.6) is 0 Å². The van der Waals surface area contributed by atoms with E-state index in [0.29, 0.717) is 11.8 Å². The molecule has 3 heterocycles. The van der Waals surface area contributed by atoms with Gasteiger partial charge in [-0.15, -0.1) is 0 Å². The Hall–Kier alpha value is -1.95. The van der Waals surface area contributed by atoms with Crippen LogP contribution in [0.25, 0.3) is 0 Å². The number of aromatic nitrogens is 4. The Kier molecular flexibility index (Phi) is 3.99. The fourth-order valence-electron chi connectivity index (χ4n) is 3.26. The Morgan fingerprint density at radius 1 is 1.26 bits per heavy atom. The number of nitrogens with zero attached hydrogens (tertiary/aromatic N) is 4. The topological polar surface area (TPSA) is 64.9 Å². The summed E-state index contributed by atoms with van der Waals surface area (Å²) in [6.07, 6.45) is 7.35. The van der Waals surface area contributed by atoms with Gasteiger partial charge in [0.15, 0.2) is 0 Å². The number of aryl methyl sites for hydroxylation is 1. The zero-order valence-electron chi connectivity index (χ0n) is 13.5. The summed E-state index contributed by atoms with van der Waals surface area (Å²) in [7, 11) is 0. The monoisotopic (exact) mass is 313 g/mol. The first-order valence-electron chi connectivity index (χ1n) is 8.55. The Morgan fingerprint density at radius 3 is 3.00 bits per heavy atom. The molecular weight excluding hydrogens is 290 g/mol. The lowest BCUT2D eigenvalue weighted by Crippen LogP contribution is -2.21. The number of ether oxygens (including phenoxy) is 1. The maximum absolute atomic E-state index is 5.98. The van der Waals surface area contributed by atoms with Crippen molar-refractivity contribution >= 4 is 5.82 Å². The fraction of sp³-hybridized carbons (Fsp3) is 0.588. The molecule has 0 bridgehead atoms. The zero-order chi connectivity index (χ0) is 15.6. The molecule has 0 radical (unpaired) electrons. The van der Waals surface area contributed by atoms with Gasteiger partial charge in [0, 0.05) is 43.9 Å². The van der Waals surface area contributed by atoms with E-state index >= 15 is 0 Å². The molecule has 1 N–H and O–H groups in total. The average molecular weight is 313 g/mol. The van der Waals surface area contributed by atoms with Gasteiger partial charge in [-0.05, 0) is 38.3 Å². The highest BCUT2D eigenvalue weighted by Crippen LogP contribution is 2.38. The molecule has 2 fully saturated rings. The van der Waals surface area contributed by atoms with E-state index in [4.69, 9.17) is 4.74 Å². The minimum Gasteiger partial charge on any atom is -0.372 e. The third kappa shape index (κ3) is 3.08. The second-order valence-corrected chi connectivity index (χ2v) is 6.37. The first-order chi connectivity index (χ1) is 11.3. The molecule has 1 saturated heterocycles. The molecule has 23 heavy (non-hydrogen) atoms. The highest BCUT2D eigenvalue weighted by molar-refractivity contribution is 5.34. The van der Waals surface area contributed by atoms with Gasteiger partial charge in [-0.3, -0.25) is 4.68 Å². The molecule has 2 aliphatic rings. The standard InChI is InChI=1S/C17H23N5O/c1-2-22-14(5-9-20-22)16-13(7-10-23-16)11-19-15-6-8-18-17(21-15)12-3-4-12/h5-6,8-9,12-13,16H,2-4,7,10-11H2,1H3,(H,18,19,21)/t13-,16+/m0/s1. The summed E-state index contributed by atoms with van der Waals surface area (Å²) < 4.78 is 8.01.